The van der Waals surface area contributed by atoms with E-state index in [-0.39, 0.29) is 6.04 Å². The smallest absolute Gasteiger partial charge is 0.323 e. The molecule has 1 rings (SSSR count). The van der Waals surface area contributed by atoms with Crippen LogP contribution in [-0.2, 0) is 9.53 Å². The van der Waals surface area contributed by atoms with E-state index in [1.165, 1.54) is 0 Å². The van der Waals surface area contributed by atoms with E-state index in [4.69, 9.17) is 4.74 Å². The molecule has 0 spiro atoms. The molecule has 1 aliphatic heterocycles. The first kappa shape index (κ1) is 12.5. The van der Waals surface area contributed by atoms with Gasteiger partial charge >= 0.3 is 5.97 Å². The SMILES string of the molecule is COCC(C)N1CCCCC1(C)C(=O)O. The van der Waals surface area contributed by atoms with E-state index in [1.54, 1.807) is 7.11 Å². The fourth-order valence-electron chi connectivity index (χ4n) is 2.41. The van der Waals surface area contributed by atoms with Crippen molar-refractivity contribution in [3.05, 3.63) is 0 Å². The Morgan fingerprint density at radius 1 is 1.60 bits per heavy atom. The molecule has 15 heavy (non-hydrogen) atoms. The lowest BCUT2D eigenvalue weighted by Gasteiger charge is -2.44. The summed E-state index contributed by atoms with van der Waals surface area (Å²) >= 11 is 0. The number of carboxylic acid groups (broad SMARTS) is 1. The van der Waals surface area contributed by atoms with E-state index in [0.29, 0.717) is 6.61 Å². The highest BCUT2D eigenvalue weighted by Crippen LogP contribution is 2.30. The molecule has 1 aliphatic rings. The zero-order valence-electron chi connectivity index (χ0n) is 9.82. The Kier molecular flexibility index (Phi) is 4.11. The number of likely N-dealkylation sites (tertiary alicyclic amines) is 1. The molecule has 2 unspecified atom stereocenters. The van der Waals surface area contributed by atoms with Crippen LogP contribution in [0.15, 0.2) is 0 Å². The second-order valence-corrected chi connectivity index (χ2v) is 4.53. The minimum atomic E-state index is -0.717. The Bertz CT molecular complexity index is 232. The number of piperidine rings is 1. The maximum Gasteiger partial charge on any atom is 0.323 e. The summed E-state index contributed by atoms with van der Waals surface area (Å²) in [6, 6.07) is 0.163. The van der Waals surface area contributed by atoms with Gasteiger partial charge in [-0.15, -0.1) is 0 Å². The van der Waals surface area contributed by atoms with Crippen molar-refractivity contribution in [2.24, 2.45) is 0 Å². The average molecular weight is 215 g/mol. The molecule has 88 valence electrons. The number of ether oxygens (including phenoxy) is 1. The predicted octanol–water partition coefficient (Wildman–Crippen LogP) is 1.35. The summed E-state index contributed by atoms with van der Waals surface area (Å²) in [7, 11) is 1.65. The van der Waals surface area contributed by atoms with Crippen molar-refractivity contribution in [2.75, 3.05) is 20.3 Å². The summed E-state index contributed by atoms with van der Waals surface area (Å²) in [5.74, 6) is -0.717. The number of hydrogen-bond donors (Lipinski definition) is 1. The number of carboxylic acids is 1. The molecule has 0 aromatic carbocycles. The van der Waals surface area contributed by atoms with E-state index in [9.17, 15) is 9.90 Å². The zero-order valence-corrected chi connectivity index (χ0v) is 9.82. The number of nitrogens with zero attached hydrogens (tertiary/aromatic N) is 1. The van der Waals surface area contributed by atoms with Crippen LogP contribution in [0.1, 0.15) is 33.1 Å². The van der Waals surface area contributed by atoms with Gasteiger partial charge in [0.1, 0.15) is 5.54 Å². The zero-order chi connectivity index (χ0) is 11.5. The molecule has 1 fully saturated rings. The van der Waals surface area contributed by atoms with Gasteiger partial charge in [0.2, 0.25) is 0 Å². The van der Waals surface area contributed by atoms with Crippen molar-refractivity contribution < 1.29 is 14.6 Å². The molecule has 2 atom stereocenters. The molecule has 4 nitrogen and oxygen atoms in total. The standard InChI is InChI=1S/C11H21NO3/c1-9(8-15-3)12-7-5-4-6-11(12,2)10(13)14/h9H,4-8H2,1-3H3,(H,13,14). The highest BCUT2D eigenvalue weighted by Gasteiger charge is 2.43. The van der Waals surface area contributed by atoms with E-state index in [1.807, 2.05) is 13.8 Å². The Morgan fingerprint density at radius 3 is 2.80 bits per heavy atom. The Morgan fingerprint density at radius 2 is 2.27 bits per heavy atom. The summed E-state index contributed by atoms with van der Waals surface area (Å²) in [5, 5.41) is 9.30. The fraction of sp³-hybridized carbons (Fsp3) is 0.909. The van der Waals surface area contributed by atoms with Crippen LogP contribution in [0.3, 0.4) is 0 Å². The van der Waals surface area contributed by atoms with Gasteiger partial charge in [0.05, 0.1) is 6.61 Å². The Labute approximate surface area is 91.2 Å². The van der Waals surface area contributed by atoms with Gasteiger partial charge in [-0.3, -0.25) is 9.69 Å². The monoisotopic (exact) mass is 215 g/mol. The molecule has 0 radical (unpaired) electrons. The molecular formula is C11H21NO3. The van der Waals surface area contributed by atoms with Crippen LogP contribution < -0.4 is 0 Å². The van der Waals surface area contributed by atoms with Crippen molar-refractivity contribution >= 4 is 5.97 Å². The summed E-state index contributed by atoms with van der Waals surface area (Å²) in [4.78, 5) is 13.4. The molecule has 0 aliphatic carbocycles. The third-order valence-corrected chi connectivity index (χ3v) is 3.35. The number of carbonyl (C=O) groups is 1. The van der Waals surface area contributed by atoms with Crippen molar-refractivity contribution in [1.29, 1.82) is 0 Å². The van der Waals surface area contributed by atoms with Crippen LogP contribution in [-0.4, -0.2) is 47.8 Å². The molecule has 0 aromatic rings. The summed E-state index contributed by atoms with van der Waals surface area (Å²) in [6.45, 7) is 5.28. The molecule has 0 bridgehead atoms. The maximum absolute atomic E-state index is 11.3. The van der Waals surface area contributed by atoms with Gasteiger partial charge in [-0.2, -0.15) is 0 Å². The molecule has 0 amide bonds. The molecule has 1 saturated heterocycles. The fourth-order valence-corrected chi connectivity index (χ4v) is 2.41. The number of rotatable bonds is 4. The minimum absolute atomic E-state index is 0.163. The molecule has 0 saturated carbocycles. The second-order valence-electron chi connectivity index (χ2n) is 4.53. The van der Waals surface area contributed by atoms with E-state index >= 15 is 0 Å². The quantitative estimate of drug-likeness (QED) is 0.769. The molecule has 4 heteroatoms. The van der Waals surface area contributed by atoms with E-state index < -0.39 is 11.5 Å². The third kappa shape index (κ3) is 2.49. The normalized spacial score (nSPS) is 30.1. The first-order chi connectivity index (χ1) is 7.02. The summed E-state index contributed by atoms with van der Waals surface area (Å²) in [5.41, 5.74) is -0.712. The van der Waals surface area contributed by atoms with Gasteiger partial charge in [-0.05, 0) is 39.7 Å². The topological polar surface area (TPSA) is 49.8 Å². The highest BCUT2D eigenvalue weighted by molar-refractivity contribution is 5.78. The highest BCUT2D eigenvalue weighted by atomic mass is 16.5. The predicted molar refractivity (Wildman–Crippen MR) is 57.9 cm³/mol. The first-order valence-electron chi connectivity index (χ1n) is 5.51. The van der Waals surface area contributed by atoms with Crippen LogP contribution in [0.2, 0.25) is 0 Å². The van der Waals surface area contributed by atoms with Crippen molar-refractivity contribution in [3.8, 4) is 0 Å². The van der Waals surface area contributed by atoms with Crippen molar-refractivity contribution in [1.82, 2.24) is 4.90 Å². The van der Waals surface area contributed by atoms with Gasteiger partial charge in [-0.1, -0.05) is 0 Å². The van der Waals surface area contributed by atoms with Crippen molar-refractivity contribution in [3.63, 3.8) is 0 Å². The third-order valence-electron chi connectivity index (χ3n) is 3.35. The van der Waals surface area contributed by atoms with Crippen molar-refractivity contribution in [2.45, 2.75) is 44.7 Å². The van der Waals surface area contributed by atoms with E-state index in [0.717, 1.165) is 25.8 Å². The molecule has 1 heterocycles. The first-order valence-corrected chi connectivity index (χ1v) is 5.51. The van der Waals surface area contributed by atoms with Gasteiger partial charge in [0.25, 0.3) is 0 Å². The second kappa shape index (κ2) is 4.94. The lowest BCUT2D eigenvalue weighted by molar-refractivity contribution is -0.155. The summed E-state index contributed by atoms with van der Waals surface area (Å²) < 4.78 is 5.10. The summed E-state index contributed by atoms with van der Waals surface area (Å²) in [6.07, 6.45) is 2.81. The minimum Gasteiger partial charge on any atom is -0.480 e. The Hall–Kier alpha value is -0.610. The van der Waals surface area contributed by atoms with Crippen LogP contribution in [0.5, 0.6) is 0 Å². The lowest BCUT2D eigenvalue weighted by Crippen LogP contribution is -2.59. The number of hydrogen-bond acceptors (Lipinski definition) is 3. The number of aliphatic carboxylic acids is 1. The van der Waals surface area contributed by atoms with Crippen LogP contribution in [0.25, 0.3) is 0 Å². The lowest BCUT2D eigenvalue weighted by atomic mass is 9.87. The van der Waals surface area contributed by atoms with Gasteiger partial charge in [0.15, 0.2) is 0 Å². The van der Waals surface area contributed by atoms with Crippen LogP contribution >= 0.6 is 0 Å². The largest absolute Gasteiger partial charge is 0.480 e. The molecular weight excluding hydrogens is 194 g/mol. The molecule has 0 aromatic heterocycles. The van der Waals surface area contributed by atoms with E-state index in [2.05, 4.69) is 4.90 Å². The van der Waals surface area contributed by atoms with Gasteiger partial charge in [-0.25, -0.2) is 0 Å². The number of methoxy groups -OCH3 is 1. The molecule has 1 N–H and O–H groups in total. The Balaban J connectivity index is 2.77. The van der Waals surface area contributed by atoms with Crippen LogP contribution in [0.4, 0.5) is 0 Å². The van der Waals surface area contributed by atoms with Crippen LogP contribution in [0, 0.1) is 0 Å². The maximum atomic E-state index is 11.3. The van der Waals surface area contributed by atoms with Gasteiger partial charge in [0, 0.05) is 13.2 Å². The average Bonchev–Trinajstić information content (AvgIpc) is 2.18. The van der Waals surface area contributed by atoms with Gasteiger partial charge < -0.3 is 9.84 Å².